The highest BCUT2D eigenvalue weighted by Gasteiger charge is 2.21. The second-order valence-electron chi connectivity index (χ2n) is 5.20. The molecule has 0 bridgehead atoms. The predicted molar refractivity (Wildman–Crippen MR) is 88.4 cm³/mol. The van der Waals surface area contributed by atoms with E-state index >= 15 is 0 Å². The molecule has 1 fully saturated rings. The van der Waals surface area contributed by atoms with Gasteiger partial charge >= 0.3 is 0 Å². The van der Waals surface area contributed by atoms with E-state index in [9.17, 15) is 0 Å². The monoisotopic (exact) mass is 287 g/mol. The third kappa shape index (κ3) is 2.50. The summed E-state index contributed by atoms with van der Waals surface area (Å²) in [6, 6.07) is 8.48. The molecular weight excluding hydrogens is 266 g/mol. The van der Waals surface area contributed by atoms with Crippen LogP contribution in [0.25, 0.3) is 10.8 Å². The van der Waals surface area contributed by atoms with Gasteiger partial charge in [-0.1, -0.05) is 31.2 Å². The molecule has 2 N–H and O–H groups in total. The summed E-state index contributed by atoms with van der Waals surface area (Å²) in [6.45, 7) is 4.99. The molecule has 3 nitrogen and oxygen atoms in total. The molecule has 1 unspecified atom stereocenters. The van der Waals surface area contributed by atoms with Crippen molar-refractivity contribution >= 4 is 28.4 Å². The van der Waals surface area contributed by atoms with Crippen molar-refractivity contribution in [2.75, 3.05) is 23.7 Å². The van der Waals surface area contributed by atoms with Crippen molar-refractivity contribution in [1.29, 1.82) is 0 Å². The number of thioether (sulfide) groups is 1. The maximum absolute atomic E-state index is 5.83. The zero-order valence-electron chi connectivity index (χ0n) is 11.9. The van der Waals surface area contributed by atoms with Crippen molar-refractivity contribution in [2.45, 2.75) is 25.1 Å². The van der Waals surface area contributed by atoms with Crippen LogP contribution in [-0.4, -0.2) is 29.1 Å². The number of hydrogen-bond acceptors (Lipinski definition) is 4. The Morgan fingerprint density at radius 2 is 2.15 bits per heavy atom. The van der Waals surface area contributed by atoms with Gasteiger partial charge in [-0.2, -0.15) is 11.8 Å². The Kier molecular flexibility index (Phi) is 4.13. The molecule has 1 aliphatic rings. The van der Waals surface area contributed by atoms with Crippen LogP contribution in [0.2, 0.25) is 0 Å². The van der Waals surface area contributed by atoms with Crippen LogP contribution < -0.4 is 10.6 Å². The Morgan fingerprint density at radius 3 is 2.90 bits per heavy atom. The fourth-order valence-corrected chi connectivity index (χ4v) is 3.99. The lowest BCUT2D eigenvalue weighted by Crippen LogP contribution is -2.38. The van der Waals surface area contributed by atoms with E-state index in [-0.39, 0.29) is 0 Å². The minimum absolute atomic E-state index is 0.543. The third-order valence-corrected chi connectivity index (χ3v) is 5.34. The number of anilines is 1. The van der Waals surface area contributed by atoms with Gasteiger partial charge in [0.15, 0.2) is 0 Å². The lowest BCUT2D eigenvalue weighted by molar-refractivity contribution is 0.722. The van der Waals surface area contributed by atoms with Crippen LogP contribution in [0.3, 0.4) is 0 Å². The highest BCUT2D eigenvalue weighted by Crippen LogP contribution is 2.31. The van der Waals surface area contributed by atoms with Crippen LogP contribution in [0, 0.1) is 0 Å². The molecule has 106 valence electrons. The molecule has 0 aliphatic carbocycles. The van der Waals surface area contributed by atoms with Crippen molar-refractivity contribution in [3.05, 3.63) is 36.0 Å². The van der Waals surface area contributed by atoms with E-state index in [2.05, 4.69) is 47.9 Å². The molecule has 3 rings (SSSR count). The highest BCUT2D eigenvalue weighted by molar-refractivity contribution is 8.00. The van der Waals surface area contributed by atoms with Gasteiger partial charge in [-0.05, 0) is 17.4 Å². The molecule has 4 heteroatoms. The first-order chi connectivity index (χ1) is 9.83. The van der Waals surface area contributed by atoms with Crippen molar-refractivity contribution in [3.8, 4) is 0 Å². The summed E-state index contributed by atoms with van der Waals surface area (Å²) >= 11 is 2.09. The van der Waals surface area contributed by atoms with Crippen molar-refractivity contribution in [3.63, 3.8) is 0 Å². The summed E-state index contributed by atoms with van der Waals surface area (Å²) in [5.74, 6) is 2.31. The zero-order valence-corrected chi connectivity index (χ0v) is 12.7. The minimum Gasteiger partial charge on any atom is -0.354 e. The Balaban J connectivity index is 2.03. The molecule has 0 amide bonds. The summed E-state index contributed by atoms with van der Waals surface area (Å²) in [4.78, 5) is 7.14. The molecule has 2 aromatic rings. The molecule has 0 saturated carbocycles. The molecule has 2 heterocycles. The van der Waals surface area contributed by atoms with Gasteiger partial charge in [0.2, 0.25) is 0 Å². The number of fused-ring (bicyclic) bond motifs is 1. The molecule has 0 spiro atoms. The number of pyridine rings is 1. The van der Waals surface area contributed by atoms with Crippen LogP contribution in [0.5, 0.6) is 0 Å². The van der Waals surface area contributed by atoms with Gasteiger partial charge in [-0.3, -0.25) is 0 Å². The van der Waals surface area contributed by atoms with Gasteiger partial charge in [0.05, 0.1) is 0 Å². The first-order valence-corrected chi connectivity index (χ1v) is 8.31. The molecule has 20 heavy (non-hydrogen) atoms. The Bertz CT molecular complexity index is 599. The van der Waals surface area contributed by atoms with Gasteiger partial charge in [-0.25, -0.2) is 4.98 Å². The number of nitrogens with zero attached hydrogens (tertiary/aromatic N) is 2. The fourth-order valence-electron chi connectivity index (χ4n) is 2.81. The second kappa shape index (κ2) is 6.02. The molecule has 0 radical (unpaired) electrons. The topological polar surface area (TPSA) is 42.2 Å². The zero-order chi connectivity index (χ0) is 13.9. The molecular formula is C16H21N3S. The quantitative estimate of drug-likeness (QED) is 0.942. The van der Waals surface area contributed by atoms with E-state index in [4.69, 9.17) is 10.7 Å². The van der Waals surface area contributed by atoms with Crippen molar-refractivity contribution in [2.24, 2.45) is 5.73 Å². The number of rotatable bonds is 3. The van der Waals surface area contributed by atoms with E-state index < -0.39 is 0 Å². The normalized spacial score (nSPS) is 19.5. The largest absolute Gasteiger partial charge is 0.354 e. The second-order valence-corrected chi connectivity index (χ2v) is 6.61. The lowest BCUT2D eigenvalue weighted by atomic mass is 10.1. The fraction of sp³-hybridized carbons (Fsp3) is 0.438. The number of aromatic nitrogens is 1. The van der Waals surface area contributed by atoms with Crippen LogP contribution in [0.1, 0.15) is 18.9 Å². The molecule has 1 aromatic carbocycles. The van der Waals surface area contributed by atoms with Gasteiger partial charge in [0, 0.05) is 42.2 Å². The van der Waals surface area contributed by atoms with Crippen LogP contribution >= 0.6 is 11.8 Å². The summed E-state index contributed by atoms with van der Waals surface area (Å²) in [5.41, 5.74) is 6.96. The smallest absolute Gasteiger partial charge is 0.136 e. The maximum atomic E-state index is 5.83. The Hall–Kier alpha value is -1.26. The minimum atomic E-state index is 0.543. The summed E-state index contributed by atoms with van der Waals surface area (Å²) in [7, 11) is 0. The molecule has 1 atom stereocenters. The Morgan fingerprint density at radius 1 is 1.35 bits per heavy atom. The molecule has 1 aliphatic heterocycles. The summed E-state index contributed by atoms with van der Waals surface area (Å²) in [6.07, 6.45) is 3.17. The van der Waals surface area contributed by atoms with E-state index in [1.165, 1.54) is 22.9 Å². The van der Waals surface area contributed by atoms with Crippen molar-refractivity contribution < 1.29 is 0 Å². The van der Waals surface area contributed by atoms with Gasteiger partial charge in [0.25, 0.3) is 0 Å². The average Bonchev–Trinajstić information content (AvgIpc) is 2.54. The van der Waals surface area contributed by atoms with Crippen LogP contribution in [0.15, 0.2) is 30.5 Å². The van der Waals surface area contributed by atoms with E-state index in [0.717, 1.165) is 29.7 Å². The van der Waals surface area contributed by atoms with Gasteiger partial charge in [0.1, 0.15) is 5.82 Å². The molecule has 1 aromatic heterocycles. The standard InChI is InChI=1S/C16H21N3S/c1-2-13-11-19(7-8-20-13)16-15-6-4-3-5-14(15)12(9-17)10-18-16/h3-6,10,13H,2,7-9,11,17H2,1H3. The van der Waals surface area contributed by atoms with E-state index in [0.29, 0.717) is 6.54 Å². The first kappa shape index (κ1) is 13.7. The van der Waals surface area contributed by atoms with E-state index in [1.807, 2.05) is 6.20 Å². The summed E-state index contributed by atoms with van der Waals surface area (Å²) < 4.78 is 0. The first-order valence-electron chi connectivity index (χ1n) is 7.26. The predicted octanol–water partition coefficient (Wildman–Crippen LogP) is 3.03. The maximum Gasteiger partial charge on any atom is 0.136 e. The van der Waals surface area contributed by atoms with E-state index in [1.54, 1.807) is 0 Å². The SMILES string of the molecule is CCC1CN(c2ncc(CN)c3ccccc23)CCS1. The molecule has 1 saturated heterocycles. The average molecular weight is 287 g/mol. The van der Waals surface area contributed by atoms with Crippen molar-refractivity contribution in [1.82, 2.24) is 4.98 Å². The number of nitrogens with two attached hydrogens (primary N) is 1. The van der Waals surface area contributed by atoms with Gasteiger partial charge < -0.3 is 10.6 Å². The lowest BCUT2D eigenvalue weighted by Gasteiger charge is -2.33. The van der Waals surface area contributed by atoms with Crippen LogP contribution in [0.4, 0.5) is 5.82 Å². The number of hydrogen-bond donors (Lipinski definition) is 1. The summed E-state index contributed by atoms with van der Waals surface area (Å²) in [5, 5.41) is 3.20. The van der Waals surface area contributed by atoms with Crippen LogP contribution in [-0.2, 0) is 6.54 Å². The highest BCUT2D eigenvalue weighted by atomic mass is 32.2. The van der Waals surface area contributed by atoms with Gasteiger partial charge in [-0.15, -0.1) is 0 Å². The number of benzene rings is 1. The Labute approximate surface area is 124 Å². The third-order valence-electron chi connectivity index (χ3n) is 3.97.